The lowest BCUT2D eigenvalue weighted by Crippen LogP contribution is -2.51. The fourth-order valence-corrected chi connectivity index (χ4v) is 3.65. The summed E-state index contributed by atoms with van der Waals surface area (Å²) >= 11 is 0. The Kier molecular flexibility index (Phi) is 3.06. The van der Waals surface area contributed by atoms with Crippen LogP contribution in [0.3, 0.4) is 0 Å². The summed E-state index contributed by atoms with van der Waals surface area (Å²) in [5, 5.41) is 3.15. The molecule has 0 aliphatic carbocycles. The van der Waals surface area contributed by atoms with Gasteiger partial charge in [-0.3, -0.25) is 0 Å². The van der Waals surface area contributed by atoms with Crippen molar-refractivity contribution in [3.8, 4) is 0 Å². The summed E-state index contributed by atoms with van der Waals surface area (Å²) < 4.78 is 27.2. The molecule has 6 heteroatoms. The Hall–Kier alpha value is -0.170. The van der Waals surface area contributed by atoms with Gasteiger partial charge >= 0.3 is 0 Å². The van der Waals surface area contributed by atoms with E-state index in [4.69, 9.17) is 0 Å². The second-order valence-electron chi connectivity index (χ2n) is 3.76. The van der Waals surface area contributed by atoms with E-state index in [-0.39, 0.29) is 0 Å². The Morgan fingerprint density at radius 2 is 1.36 bits per heavy atom. The Morgan fingerprint density at radius 1 is 0.857 bits per heavy atom. The summed E-state index contributed by atoms with van der Waals surface area (Å²) in [4.78, 5) is 0. The van der Waals surface area contributed by atoms with Crippen LogP contribution in [0.5, 0.6) is 0 Å². The molecular formula is C8H17N3O2S. The highest BCUT2D eigenvalue weighted by Gasteiger charge is 2.31. The van der Waals surface area contributed by atoms with Crippen LogP contribution in [0.15, 0.2) is 0 Å². The monoisotopic (exact) mass is 219 g/mol. The summed E-state index contributed by atoms with van der Waals surface area (Å²) in [7, 11) is -3.14. The Labute approximate surface area is 85.2 Å². The summed E-state index contributed by atoms with van der Waals surface area (Å²) in [6.45, 7) is 4.16. The molecule has 2 fully saturated rings. The first-order valence-corrected chi connectivity index (χ1v) is 6.57. The number of rotatable bonds is 2. The third-order valence-electron chi connectivity index (χ3n) is 2.79. The van der Waals surface area contributed by atoms with E-state index in [0.29, 0.717) is 26.2 Å². The van der Waals surface area contributed by atoms with Crippen molar-refractivity contribution in [3.05, 3.63) is 0 Å². The molecule has 0 aromatic heterocycles. The minimum Gasteiger partial charge on any atom is -0.314 e. The molecule has 2 rings (SSSR count). The van der Waals surface area contributed by atoms with E-state index in [2.05, 4.69) is 5.32 Å². The standard InChI is InChI=1S/C8H17N3O2S/c12-14(13,10-5-1-2-6-10)11-7-3-9-4-8-11/h9H,1-8H2. The van der Waals surface area contributed by atoms with Crippen molar-refractivity contribution >= 4 is 10.2 Å². The van der Waals surface area contributed by atoms with Gasteiger partial charge in [-0.2, -0.15) is 17.0 Å². The molecule has 0 unspecified atom stereocenters. The van der Waals surface area contributed by atoms with Gasteiger partial charge in [-0.1, -0.05) is 0 Å². The minimum absolute atomic E-state index is 0.610. The minimum atomic E-state index is -3.14. The molecule has 0 aromatic rings. The van der Waals surface area contributed by atoms with Crippen LogP contribution in [0.4, 0.5) is 0 Å². The lowest BCUT2D eigenvalue weighted by molar-refractivity contribution is 0.327. The summed E-state index contributed by atoms with van der Waals surface area (Å²) in [6.07, 6.45) is 2.01. The number of nitrogens with zero attached hydrogens (tertiary/aromatic N) is 2. The quantitative estimate of drug-likeness (QED) is 0.664. The van der Waals surface area contributed by atoms with Crippen LogP contribution in [-0.2, 0) is 10.2 Å². The number of hydrogen-bond donors (Lipinski definition) is 1. The maximum atomic E-state index is 12.0. The maximum Gasteiger partial charge on any atom is 0.282 e. The van der Waals surface area contributed by atoms with Crippen molar-refractivity contribution < 1.29 is 8.42 Å². The average molecular weight is 219 g/mol. The Bertz CT molecular complexity index is 279. The van der Waals surface area contributed by atoms with Crippen LogP contribution < -0.4 is 5.32 Å². The smallest absolute Gasteiger partial charge is 0.282 e. The van der Waals surface area contributed by atoms with E-state index in [0.717, 1.165) is 25.9 Å². The first-order chi connectivity index (χ1) is 6.71. The molecule has 0 aromatic carbocycles. The molecule has 2 heterocycles. The molecule has 0 bridgehead atoms. The van der Waals surface area contributed by atoms with Gasteiger partial charge in [0.05, 0.1) is 0 Å². The third-order valence-corrected chi connectivity index (χ3v) is 4.83. The molecule has 0 saturated carbocycles. The highest BCUT2D eigenvalue weighted by atomic mass is 32.2. The van der Waals surface area contributed by atoms with Gasteiger partial charge < -0.3 is 5.32 Å². The van der Waals surface area contributed by atoms with Gasteiger partial charge in [0.1, 0.15) is 0 Å². The van der Waals surface area contributed by atoms with Crippen molar-refractivity contribution in [1.82, 2.24) is 13.9 Å². The second-order valence-corrected chi connectivity index (χ2v) is 5.69. The van der Waals surface area contributed by atoms with E-state index >= 15 is 0 Å². The summed E-state index contributed by atoms with van der Waals surface area (Å²) in [5.41, 5.74) is 0. The molecule has 0 spiro atoms. The Balaban J connectivity index is 2.05. The second kappa shape index (κ2) is 4.14. The molecule has 0 amide bonds. The zero-order valence-electron chi connectivity index (χ0n) is 8.28. The fourth-order valence-electron chi connectivity index (χ4n) is 1.96. The van der Waals surface area contributed by atoms with Crippen molar-refractivity contribution in [2.45, 2.75) is 12.8 Å². The molecule has 1 N–H and O–H groups in total. The zero-order valence-corrected chi connectivity index (χ0v) is 9.09. The molecular weight excluding hydrogens is 202 g/mol. The van der Waals surface area contributed by atoms with Crippen molar-refractivity contribution in [1.29, 1.82) is 0 Å². The van der Waals surface area contributed by atoms with Crippen LogP contribution in [0.2, 0.25) is 0 Å². The first kappa shape index (κ1) is 10.4. The molecule has 0 atom stereocenters. The van der Waals surface area contributed by atoms with Crippen LogP contribution in [0.1, 0.15) is 12.8 Å². The summed E-state index contributed by atoms with van der Waals surface area (Å²) in [5.74, 6) is 0. The van der Waals surface area contributed by atoms with Crippen molar-refractivity contribution in [3.63, 3.8) is 0 Å². The van der Waals surface area contributed by atoms with Crippen LogP contribution in [-0.4, -0.2) is 56.3 Å². The topological polar surface area (TPSA) is 52.7 Å². The molecule has 2 aliphatic rings. The van der Waals surface area contributed by atoms with Gasteiger partial charge in [-0.15, -0.1) is 0 Å². The molecule has 14 heavy (non-hydrogen) atoms. The Morgan fingerprint density at radius 3 is 1.93 bits per heavy atom. The van der Waals surface area contributed by atoms with E-state index in [9.17, 15) is 8.42 Å². The van der Waals surface area contributed by atoms with E-state index in [1.54, 1.807) is 8.61 Å². The van der Waals surface area contributed by atoms with Gasteiger partial charge in [0.2, 0.25) is 0 Å². The largest absolute Gasteiger partial charge is 0.314 e. The SMILES string of the molecule is O=S(=O)(N1CCCC1)N1CCNCC1. The van der Waals surface area contributed by atoms with Gasteiger partial charge in [0, 0.05) is 39.3 Å². The third kappa shape index (κ3) is 1.93. The predicted octanol–water partition coefficient (Wildman–Crippen LogP) is -0.768. The maximum absolute atomic E-state index is 12.0. The normalized spacial score (nSPS) is 26.9. The van der Waals surface area contributed by atoms with E-state index in [1.165, 1.54) is 0 Å². The average Bonchev–Trinajstić information content (AvgIpc) is 2.72. The molecule has 2 saturated heterocycles. The zero-order chi connectivity index (χ0) is 10.0. The van der Waals surface area contributed by atoms with E-state index < -0.39 is 10.2 Å². The lowest BCUT2D eigenvalue weighted by atomic mass is 10.4. The van der Waals surface area contributed by atoms with Gasteiger partial charge in [-0.05, 0) is 12.8 Å². The summed E-state index contributed by atoms with van der Waals surface area (Å²) in [6, 6.07) is 0. The van der Waals surface area contributed by atoms with E-state index in [1.807, 2.05) is 0 Å². The fraction of sp³-hybridized carbons (Fsp3) is 1.00. The molecule has 2 aliphatic heterocycles. The highest BCUT2D eigenvalue weighted by molar-refractivity contribution is 7.86. The predicted molar refractivity (Wildman–Crippen MR) is 54.2 cm³/mol. The number of nitrogens with one attached hydrogen (secondary N) is 1. The van der Waals surface area contributed by atoms with Gasteiger partial charge in [0.15, 0.2) is 0 Å². The van der Waals surface area contributed by atoms with Crippen LogP contribution in [0, 0.1) is 0 Å². The van der Waals surface area contributed by atoms with Crippen LogP contribution in [0.25, 0.3) is 0 Å². The first-order valence-electron chi connectivity index (χ1n) is 5.17. The number of piperazine rings is 1. The van der Waals surface area contributed by atoms with Crippen LogP contribution >= 0.6 is 0 Å². The lowest BCUT2D eigenvalue weighted by Gasteiger charge is -2.30. The molecule has 82 valence electrons. The number of hydrogen-bond acceptors (Lipinski definition) is 3. The van der Waals surface area contributed by atoms with Gasteiger partial charge in [0.25, 0.3) is 10.2 Å². The van der Waals surface area contributed by atoms with Crippen molar-refractivity contribution in [2.75, 3.05) is 39.3 Å². The van der Waals surface area contributed by atoms with Gasteiger partial charge in [-0.25, -0.2) is 0 Å². The molecule has 0 radical (unpaired) electrons. The highest BCUT2D eigenvalue weighted by Crippen LogP contribution is 2.16. The molecule has 5 nitrogen and oxygen atoms in total. The van der Waals surface area contributed by atoms with Crippen molar-refractivity contribution in [2.24, 2.45) is 0 Å².